The van der Waals surface area contributed by atoms with Crippen molar-refractivity contribution in [1.29, 1.82) is 0 Å². The third kappa shape index (κ3) is 3.33. The topological polar surface area (TPSA) is 67.4 Å². The van der Waals surface area contributed by atoms with E-state index in [0.717, 1.165) is 25.9 Å². The van der Waals surface area contributed by atoms with Crippen LogP contribution in [0.5, 0.6) is 0 Å². The van der Waals surface area contributed by atoms with Crippen molar-refractivity contribution in [3.8, 4) is 0 Å². The van der Waals surface area contributed by atoms with Crippen LogP contribution in [0, 0.1) is 5.92 Å². The van der Waals surface area contributed by atoms with Gasteiger partial charge in [0, 0.05) is 6.54 Å². The first kappa shape index (κ1) is 11.0. The SMILES string of the molecule is COC(=O)C(=O)NCC1CCCNC1. The van der Waals surface area contributed by atoms with Gasteiger partial charge in [0.05, 0.1) is 7.11 Å². The second-order valence-electron chi connectivity index (χ2n) is 3.41. The van der Waals surface area contributed by atoms with Gasteiger partial charge in [-0.1, -0.05) is 0 Å². The maximum atomic E-state index is 11.0. The summed E-state index contributed by atoms with van der Waals surface area (Å²) in [4.78, 5) is 21.7. The number of amides is 1. The van der Waals surface area contributed by atoms with E-state index in [-0.39, 0.29) is 0 Å². The highest BCUT2D eigenvalue weighted by atomic mass is 16.5. The molecule has 0 radical (unpaired) electrons. The number of rotatable bonds is 2. The van der Waals surface area contributed by atoms with Crippen molar-refractivity contribution in [3.05, 3.63) is 0 Å². The number of carbonyl (C=O) groups excluding carboxylic acids is 2. The van der Waals surface area contributed by atoms with Crippen LogP contribution >= 0.6 is 0 Å². The molecule has 1 unspecified atom stereocenters. The lowest BCUT2D eigenvalue weighted by Gasteiger charge is -2.22. The van der Waals surface area contributed by atoms with E-state index in [1.165, 1.54) is 7.11 Å². The van der Waals surface area contributed by atoms with Gasteiger partial charge in [0.25, 0.3) is 0 Å². The number of hydrogen-bond acceptors (Lipinski definition) is 4. The van der Waals surface area contributed by atoms with Gasteiger partial charge in [0.2, 0.25) is 0 Å². The van der Waals surface area contributed by atoms with Gasteiger partial charge in [-0.25, -0.2) is 4.79 Å². The Labute approximate surface area is 83.2 Å². The first-order valence-corrected chi connectivity index (χ1v) is 4.81. The van der Waals surface area contributed by atoms with Gasteiger partial charge in [0.15, 0.2) is 0 Å². The minimum Gasteiger partial charge on any atom is -0.462 e. The maximum Gasteiger partial charge on any atom is 0.396 e. The zero-order chi connectivity index (χ0) is 10.4. The number of nitrogens with one attached hydrogen (secondary N) is 2. The Balaban J connectivity index is 2.18. The van der Waals surface area contributed by atoms with Gasteiger partial charge >= 0.3 is 11.9 Å². The monoisotopic (exact) mass is 200 g/mol. The summed E-state index contributed by atoms with van der Waals surface area (Å²) in [6, 6.07) is 0. The molecule has 1 rings (SSSR count). The van der Waals surface area contributed by atoms with Crippen LogP contribution in [0.4, 0.5) is 0 Å². The molecule has 0 aromatic rings. The highest BCUT2D eigenvalue weighted by Gasteiger charge is 2.17. The molecule has 14 heavy (non-hydrogen) atoms. The molecule has 0 bridgehead atoms. The molecule has 1 aliphatic heterocycles. The van der Waals surface area contributed by atoms with Crippen LogP contribution in [0.2, 0.25) is 0 Å². The summed E-state index contributed by atoms with van der Waals surface area (Å²) in [7, 11) is 1.20. The molecule has 5 heteroatoms. The standard InChI is InChI=1S/C9H16N2O3/c1-14-9(13)8(12)11-6-7-3-2-4-10-5-7/h7,10H,2-6H2,1H3,(H,11,12). The molecule has 0 aliphatic carbocycles. The first-order valence-electron chi connectivity index (χ1n) is 4.81. The van der Waals surface area contributed by atoms with Crippen molar-refractivity contribution in [2.45, 2.75) is 12.8 Å². The lowest BCUT2D eigenvalue weighted by Crippen LogP contribution is -2.40. The first-order chi connectivity index (χ1) is 6.74. The molecule has 1 fully saturated rings. The number of methoxy groups -OCH3 is 1. The fourth-order valence-corrected chi connectivity index (χ4v) is 1.50. The van der Waals surface area contributed by atoms with Gasteiger partial charge in [0.1, 0.15) is 0 Å². The van der Waals surface area contributed by atoms with E-state index in [1.807, 2.05) is 0 Å². The van der Waals surface area contributed by atoms with Crippen LogP contribution in [0.1, 0.15) is 12.8 Å². The summed E-state index contributed by atoms with van der Waals surface area (Å²) in [6.07, 6.45) is 2.22. The lowest BCUT2D eigenvalue weighted by molar-refractivity contribution is -0.152. The van der Waals surface area contributed by atoms with Crippen molar-refractivity contribution < 1.29 is 14.3 Å². The average Bonchev–Trinajstić information content (AvgIpc) is 2.26. The van der Waals surface area contributed by atoms with Crippen molar-refractivity contribution in [2.75, 3.05) is 26.7 Å². The zero-order valence-corrected chi connectivity index (χ0v) is 8.34. The molecule has 80 valence electrons. The number of ether oxygens (including phenoxy) is 1. The fourth-order valence-electron chi connectivity index (χ4n) is 1.50. The van der Waals surface area contributed by atoms with E-state index in [4.69, 9.17) is 0 Å². The van der Waals surface area contributed by atoms with Gasteiger partial charge < -0.3 is 15.4 Å². The van der Waals surface area contributed by atoms with E-state index in [9.17, 15) is 9.59 Å². The number of carbonyl (C=O) groups is 2. The predicted molar refractivity (Wildman–Crippen MR) is 50.6 cm³/mol. The van der Waals surface area contributed by atoms with Crippen LogP contribution < -0.4 is 10.6 Å². The molecule has 1 atom stereocenters. The molecule has 0 spiro atoms. The Hall–Kier alpha value is -1.10. The van der Waals surface area contributed by atoms with E-state index in [0.29, 0.717) is 12.5 Å². The van der Waals surface area contributed by atoms with Crippen LogP contribution in [0.15, 0.2) is 0 Å². The summed E-state index contributed by atoms with van der Waals surface area (Å²) in [5.74, 6) is -1.05. The summed E-state index contributed by atoms with van der Waals surface area (Å²) >= 11 is 0. The molecule has 0 aromatic heterocycles. The van der Waals surface area contributed by atoms with E-state index in [2.05, 4.69) is 15.4 Å². The van der Waals surface area contributed by atoms with Crippen LogP contribution in [0.3, 0.4) is 0 Å². The minimum atomic E-state index is -0.825. The Morgan fingerprint density at radius 2 is 2.36 bits per heavy atom. The quantitative estimate of drug-likeness (QED) is 0.456. The van der Waals surface area contributed by atoms with Crippen molar-refractivity contribution in [3.63, 3.8) is 0 Å². The van der Waals surface area contributed by atoms with Gasteiger partial charge in [-0.05, 0) is 31.8 Å². The van der Waals surface area contributed by atoms with Crippen molar-refractivity contribution >= 4 is 11.9 Å². The maximum absolute atomic E-state index is 11.0. The Morgan fingerprint density at radius 3 is 2.93 bits per heavy atom. The minimum absolute atomic E-state index is 0.428. The third-order valence-electron chi connectivity index (χ3n) is 2.32. The zero-order valence-electron chi connectivity index (χ0n) is 8.34. The second kappa shape index (κ2) is 5.59. The number of hydrogen-bond donors (Lipinski definition) is 2. The normalized spacial score (nSPS) is 21.4. The molecular weight excluding hydrogens is 184 g/mol. The van der Waals surface area contributed by atoms with E-state index < -0.39 is 11.9 Å². The number of piperidine rings is 1. The third-order valence-corrected chi connectivity index (χ3v) is 2.32. The predicted octanol–water partition coefficient (Wildman–Crippen LogP) is -0.725. The van der Waals surface area contributed by atoms with Gasteiger partial charge in [-0.3, -0.25) is 4.79 Å². The van der Waals surface area contributed by atoms with Crippen molar-refractivity contribution in [2.24, 2.45) is 5.92 Å². The van der Waals surface area contributed by atoms with E-state index >= 15 is 0 Å². The number of esters is 1. The Morgan fingerprint density at radius 1 is 1.57 bits per heavy atom. The molecule has 0 aromatic carbocycles. The van der Waals surface area contributed by atoms with E-state index in [1.54, 1.807) is 0 Å². The molecular formula is C9H16N2O3. The summed E-state index contributed by atoms with van der Waals surface area (Å²) < 4.78 is 4.29. The second-order valence-corrected chi connectivity index (χ2v) is 3.41. The van der Waals surface area contributed by atoms with Gasteiger partial charge in [-0.2, -0.15) is 0 Å². The largest absolute Gasteiger partial charge is 0.462 e. The Kier molecular flexibility index (Phi) is 4.39. The molecule has 0 saturated carbocycles. The van der Waals surface area contributed by atoms with Crippen LogP contribution in [-0.4, -0.2) is 38.6 Å². The highest BCUT2D eigenvalue weighted by Crippen LogP contribution is 2.07. The fraction of sp³-hybridized carbons (Fsp3) is 0.778. The highest BCUT2D eigenvalue weighted by molar-refractivity contribution is 6.32. The lowest BCUT2D eigenvalue weighted by atomic mass is 10.00. The average molecular weight is 200 g/mol. The summed E-state index contributed by atoms with van der Waals surface area (Å²) in [6.45, 7) is 2.49. The summed E-state index contributed by atoms with van der Waals surface area (Å²) in [5, 5.41) is 5.78. The smallest absolute Gasteiger partial charge is 0.396 e. The molecule has 1 amide bonds. The molecule has 1 aliphatic rings. The van der Waals surface area contributed by atoms with Crippen molar-refractivity contribution in [1.82, 2.24) is 10.6 Å². The molecule has 2 N–H and O–H groups in total. The molecule has 5 nitrogen and oxygen atoms in total. The molecule has 1 saturated heterocycles. The summed E-state index contributed by atoms with van der Waals surface area (Å²) in [5.41, 5.74) is 0. The van der Waals surface area contributed by atoms with Crippen LogP contribution in [-0.2, 0) is 14.3 Å². The Bertz CT molecular complexity index is 212. The van der Waals surface area contributed by atoms with Crippen LogP contribution in [0.25, 0.3) is 0 Å². The molecule has 1 heterocycles. The van der Waals surface area contributed by atoms with Gasteiger partial charge in [-0.15, -0.1) is 0 Å².